The summed E-state index contributed by atoms with van der Waals surface area (Å²) < 4.78 is 9.65. The number of aromatic nitrogens is 3. The number of nitrogens with one attached hydrogen (secondary N) is 1. The maximum absolute atomic E-state index is 9.16. The molecule has 0 amide bonds. The zero-order valence-electron chi connectivity index (χ0n) is 21.3. The summed E-state index contributed by atoms with van der Waals surface area (Å²) in [5.41, 5.74) is 4.01. The van der Waals surface area contributed by atoms with Gasteiger partial charge in [-0.25, -0.2) is 4.98 Å². The molecule has 1 unspecified atom stereocenters. The lowest BCUT2D eigenvalue weighted by atomic mass is 9.87. The van der Waals surface area contributed by atoms with Crippen LogP contribution in [0, 0.1) is 11.8 Å². The highest BCUT2D eigenvalue weighted by molar-refractivity contribution is 8.00. The zero-order valence-corrected chi connectivity index (χ0v) is 22.1. The van der Waals surface area contributed by atoms with Gasteiger partial charge in [0.15, 0.2) is 0 Å². The molecule has 1 aromatic carbocycles. The van der Waals surface area contributed by atoms with Crippen molar-refractivity contribution >= 4 is 29.1 Å². The minimum absolute atomic E-state index is 0.149. The molecular formula is C28H36N6O2S. The predicted molar refractivity (Wildman–Crippen MR) is 150 cm³/mol. The molecule has 4 aliphatic heterocycles. The smallest absolute Gasteiger partial charge is 0.250 e. The number of benzene rings is 1. The highest BCUT2D eigenvalue weighted by Gasteiger charge is 2.26. The lowest BCUT2D eigenvalue weighted by Gasteiger charge is -2.36. The van der Waals surface area contributed by atoms with Gasteiger partial charge in [-0.2, -0.15) is 0 Å². The average Bonchev–Trinajstić information content (AvgIpc) is 3.44. The maximum Gasteiger partial charge on any atom is 0.250 e. The summed E-state index contributed by atoms with van der Waals surface area (Å²) in [6, 6.07) is 10.4. The predicted octanol–water partition coefficient (Wildman–Crippen LogP) is 5.47. The summed E-state index contributed by atoms with van der Waals surface area (Å²) in [6.07, 6.45) is 10.8. The number of piperidine rings is 2. The highest BCUT2D eigenvalue weighted by atomic mass is 32.2. The molecule has 2 aromatic heterocycles. The molecule has 9 heteroatoms. The first kappa shape index (κ1) is 24.6. The van der Waals surface area contributed by atoms with Gasteiger partial charge in [0.05, 0.1) is 17.9 Å². The molecule has 6 heterocycles. The fraction of sp³-hybridized carbons (Fsp3) is 0.536. The molecule has 2 N–H and O–H groups in total. The largest absolute Gasteiger partial charge is 0.416 e. The van der Waals surface area contributed by atoms with Crippen LogP contribution in [0.2, 0.25) is 0 Å². The van der Waals surface area contributed by atoms with E-state index in [2.05, 4.69) is 42.9 Å². The molecule has 0 saturated carbocycles. The number of hydrogen-bond donors (Lipinski definition) is 2. The Hall–Kier alpha value is -2.78. The molecule has 7 rings (SSSR count). The molecule has 196 valence electrons. The average molecular weight is 521 g/mol. The lowest BCUT2D eigenvalue weighted by molar-refractivity contribution is 0.322. The fourth-order valence-corrected chi connectivity index (χ4v) is 6.54. The molecule has 2 saturated heterocycles. The quantitative estimate of drug-likeness (QED) is 0.343. The Morgan fingerprint density at radius 2 is 1.76 bits per heavy atom. The van der Waals surface area contributed by atoms with Gasteiger partial charge in [0, 0.05) is 49.4 Å². The number of aliphatic hydroxyl groups excluding tert-OH is 1. The molecule has 8 nitrogen and oxygen atoms in total. The summed E-state index contributed by atoms with van der Waals surface area (Å²) in [7, 11) is 0. The zero-order chi connectivity index (χ0) is 25.0. The monoisotopic (exact) mass is 520 g/mol. The topological polar surface area (TPSA) is 90.6 Å². The van der Waals surface area contributed by atoms with Crippen LogP contribution >= 0.6 is 11.9 Å². The van der Waals surface area contributed by atoms with E-state index in [-0.39, 0.29) is 6.61 Å². The number of rotatable bonds is 4. The number of nitrogens with zero attached hydrogens (tertiary/aromatic N) is 5. The molecule has 3 aromatic rings. The molecule has 4 aliphatic rings. The van der Waals surface area contributed by atoms with Crippen molar-refractivity contribution in [3.8, 4) is 22.9 Å². The minimum Gasteiger partial charge on any atom is -0.416 e. The van der Waals surface area contributed by atoms with E-state index in [1.807, 2.05) is 18.3 Å². The van der Waals surface area contributed by atoms with Crippen LogP contribution in [0.3, 0.4) is 0 Å². The second-order valence-electron chi connectivity index (χ2n) is 10.5. The summed E-state index contributed by atoms with van der Waals surface area (Å²) in [5.74, 6) is 4.26. The van der Waals surface area contributed by atoms with Gasteiger partial charge in [-0.1, -0.05) is 24.8 Å². The van der Waals surface area contributed by atoms with Crippen molar-refractivity contribution in [2.75, 3.05) is 53.1 Å². The number of pyridine rings is 1. The van der Waals surface area contributed by atoms with Gasteiger partial charge in [0.2, 0.25) is 11.8 Å². The van der Waals surface area contributed by atoms with Crippen molar-refractivity contribution in [2.24, 2.45) is 11.8 Å². The van der Waals surface area contributed by atoms with Crippen molar-refractivity contribution in [1.29, 1.82) is 0 Å². The van der Waals surface area contributed by atoms with Gasteiger partial charge in [-0.3, -0.25) is 0 Å². The van der Waals surface area contributed by atoms with Gasteiger partial charge in [0.1, 0.15) is 5.82 Å². The van der Waals surface area contributed by atoms with E-state index < -0.39 is 0 Å². The number of anilines is 3. The molecule has 37 heavy (non-hydrogen) atoms. The highest BCUT2D eigenvalue weighted by Crippen LogP contribution is 2.38. The Balaban J connectivity index is 1.36. The number of hydrogen-bond acceptors (Lipinski definition) is 9. The van der Waals surface area contributed by atoms with Gasteiger partial charge in [0.25, 0.3) is 0 Å². The first-order valence-corrected chi connectivity index (χ1v) is 14.7. The van der Waals surface area contributed by atoms with E-state index in [1.165, 1.54) is 56.9 Å². The summed E-state index contributed by atoms with van der Waals surface area (Å²) in [5, 5.41) is 18.1. The Labute approximate surface area is 223 Å². The van der Waals surface area contributed by atoms with Crippen molar-refractivity contribution in [3.63, 3.8) is 0 Å². The lowest BCUT2D eigenvalue weighted by Crippen LogP contribution is -2.36. The van der Waals surface area contributed by atoms with Gasteiger partial charge < -0.3 is 24.0 Å². The third kappa shape index (κ3) is 5.57. The van der Waals surface area contributed by atoms with E-state index in [1.54, 1.807) is 0 Å². The fourth-order valence-electron chi connectivity index (χ4n) is 6.06. The van der Waals surface area contributed by atoms with Crippen molar-refractivity contribution in [3.05, 3.63) is 36.5 Å². The van der Waals surface area contributed by atoms with E-state index in [9.17, 15) is 0 Å². The van der Waals surface area contributed by atoms with Crippen LogP contribution in [0.1, 0.15) is 44.9 Å². The molecule has 0 aliphatic carbocycles. The van der Waals surface area contributed by atoms with E-state index in [4.69, 9.17) is 14.5 Å². The van der Waals surface area contributed by atoms with Gasteiger partial charge in [-0.05, 0) is 74.3 Å². The van der Waals surface area contributed by atoms with Crippen molar-refractivity contribution < 1.29 is 9.52 Å². The van der Waals surface area contributed by atoms with Crippen LogP contribution in [0.25, 0.3) is 22.9 Å². The van der Waals surface area contributed by atoms with Crippen LogP contribution < -0.4 is 14.5 Å². The molecule has 0 spiro atoms. The second kappa shape index (κ2) is 11.3. The number of aliphatic hydroxyl groups is 1. The van der Waals surface area contributed by atoms with E-state index >= 15 is 0 Å². The molecule has 8 bridgehead atoms. The van der Waals surface area contributed by atoms with Gasteiger partial charge >= 0.3 is 0 Å². The summed E-state index contributed by atoms with van der Waals surface area (Å²) in [6.45, 7) is 4.37. The molecule has 2 fully saturated rings. The Morgan fingerprint density at radius 3 is 2.65 bits per heavy atom. The Bertz CT molecular complexity index is 1190. The van der Waals surface area contributed by atoms with E-state index in [0.717, 1.165) is 66.3 Å². The maximum atomic E-state index is 9.16. The van der Waals surface area contributed by atoms with Crippen LogP contribution in [0.5, 0.6) is 0 Å². The third-order valence-electron chi connectivity index (χ3n) is 8.05. The van der Waals surface area contributed by atoms with Gasteiger partial charge in [-0.15, -0.1) is 10.2 Å². The van der Waals surface area contributed by atoms with Crippen molar-refractivity contribution in [2.45, 2.75) is 44.9 Å². The number of fused-ring (bicyclic) bond motifs is 4. The van der Waals surface area contributed by atoms with Crippen molar-refractivity contribution in [1.82, 2.24) is 15.2 Å². The van der Waals surface area contributed by atoms with Crippen LogP contribution in [0.4, 0.5) is 17.2 Å². The second-order valence-corrected chi connectivity index (χ2v) is 11.4. The first-order valence-electron chi connectivity index (χ1n) is 13.7. The molecule has 1 atom stereocenters. The SMILES string of the molecule is OCCSNc1ccc2c(c1)N1CCC(CCCC3CCCN(C3)c3cc(ccn3)-c3nnc-2o3)CC1. The van der Waals surface area contributed by atoms with Crippen LogP contribution in [-0.2, 0) is 0 Å². The minimum atomic E-state index is 0.149. The Kier molecular flexibility index (Phi) is 7.50. The Morgan fingerprint density at radius 1 is 0.919 bits per heavy atom. The molecular weight excluding hydrogens is 484 g/mol. The normalized spacial score (nSPS) is 21.8. The summed E-state index contributed by atoms with van der Waals surface area (Å²) >= 11 is 1.51. The van der Waals surface area contributed by atoms with E-state index in [0.29, 0.717) is 17.5 Å². The molecule has 0 radical (unpaired) electrons. The first-order chi connectivity index (χ1) is 18.3. The standard InChI is InChI=1S/C28H36N6O2S/c35-15-16-37-32-23-6-7-24-25(18-23)33-13-9-20(10-14-33)3-1-4-21-5-2-12-34(19-21)26-17-22(8-11-29-26)27-30-31-28(24)36-27/h6-8,11,17-18,20-21,32,35H,1-5,9-10,12-16,19H2. The van der Waals surface area contributed by atoms with Crippen LogP contribution in [0.15, 0.2) is 40.9 Å². The summed E-state index contributed by atoms with van der Waals surface area (Å²) in [4.78, 5) is 9.61. The third-order valence-corrected chi connectivity index (χ3v) is 8.82. The van der Waals surface area contributed by atoms with Crippen LogP contribution in [-0.4, -0.2) is 58.8 Å².